The number of anilines is 1. The van der Waals surface area contributed by atoms with Crippen LogP contribution in [0.25, 0.3) is 0 Å². The number of hydrogen-bond acceptors (Lipinski definition) is 2. The van der Waals surface area contributed by atoms with Crippen molar-refractivity contribution in [1.29, 1.82) is 0 Å². The average Bonchev–Trinajstić information content (AvgIpc) is 3.01. The Kier molecular flexibility index (Phi) is 4.27. The van der Waals surface area contributed by atoms with Gasteiger partial charge < -0.3 is 11.1 Å². The Balaban J connectivity index is 1.34. The van der Waals surface area contributed by atoms with Gasteiger partial charge in [-0.15, -0.1) is 0 Å². The summed E-state index contributed by atoms with van der Waals surface area (Å²) in [6, 6.07) is 18.2. The molecule has 0 bridgehead atoms. The highest BCUT2D eigenvalue weighted by atomic mass is 14.9. The molecule has 0 amide bonds. The van der Waals surface area contributed by atoms with E-state index in [0.29, 0.717) is 11.5 Å². The number of fused-ring (bicyclic) bond motifs is 5. The van der Waals surface area contributed by atoms with Gasteiger partial charge >= 0.3 is 0 Å². The molecule has 2 fully saturated rings. The van der Waals surface area contributed by atoms with Gasteiger partial charge in [0.2, 0.25) is 0 Å². The molecule has 5 rings (SSSR count). The lowest BCUT2D eigenvalue weighted by Crippen LogP contribution is -2.46. The van der Waals surface area contributed by atoms with Crippen molar-refractivity contribution in [1.82, 2.24) is 0 Å². The number of rotatable bonds is 3. The van der Waals surface area contributed by atoms with Crippen molar-refractivity contribution in [3.63, 3.8) is 0 Å². The molecule has 5 atom stereocenters. The summed E-state index contributed by atoms with van der Waals surface area (Å²) in [5.41, 5.74) is 12.7. The van der Waals surface area contributed by atoms with Gasteiger partial charge in [-0.05, 0) is 90.5 Å². The normalized spacial score (nSPS) is 34.4. The molecule has 5 unspecified atom stereocenters. The lowest BCUT2D eigenvalue weighted by molar-refractivity contribution is 0.0497. The van der Waals surface area contributed by atoms with Crippen molar-refractivity contribution in [3.05, 3.63) is 65.2 Å². The van der Waals surface area contributed by atoms with E-state index in [-0.39, 0.29) is 0 Å². The molecule has 0 heterocycles. The van der Waals surface area contributed by atoms with Gasteiger partial charge in [-0.1, -0.05) is 43.3 Å². The molecule has 3 aliphatic rings. The van der Waals surface area contributed by atoms with Crippen molar-refractivity contribution in [2.75, 3.05) is 5.32 Å². The molecule has 3 aliphatic carbocycles. The molecule has 0 aromatic heterocycles. The maximum atomic E-state index is 6.53. The zero-order valence-corrected chi connectivity index (χ0v) is 16.5. The molecule has 0 aliphatic heterocycles. The number of nitrogens with one attached hydrogen (secondary N) is 1. The highest BCUT2D eigenvalue weighted by Crippen LogP contribution is 2.60. The van der Waals surface area contributed by atoms with Crippen LogP contribution in [0.5, 0.6) is 0 Å². The third-order valence-corrected chi connectivity index (χ3v) is 8.14. The zero-order valence-electron chi connectivity index (χ0n) is 16.5. The minimum atomic E-state index is 0.399. The number of nitrogens with two attached hydrogens (primary N) is 1. The predicted molar refractivity (Wildman–Crippen MR) is 113 cm³/mol. The minimum absolute atomic E-state index is 0.399. The number of hydrogen-bond donors (Lipinski definition) is 2. The van der Waals surface area contributed by atoms with Crippen LogP contribution < -0.4 is 11.1 Å². The molecule has 0 radical (unpaired) electrons. The van der Waals surface area contributed by atoms with Crippen molar-refractivity contribution < 1.29 is 0 Å². The summed E-state index contributed by atoms with van der Waals surface area (Å²) < 4.78 is 0. The van der Waals surface area contributed by atoms with E-state index in [2.05, 4.69) is 60.8 Å². The largest absolute Gasteiger partial charge is 0.381 e. The van der Waals surface area contributed by atoms with Gasteiger partial charge in [0.05, 0.1) is 0 Å². The maximum Gasteiger partial charge on any atom is 0.0400 e. The summed E-state index contributed by atoms with van der Waals surface area (Å²) in [5, 5.41) is 3.62. The Hall–Kier alpha value is -1.80. The second-order valence-corrected chi connectivity index (χ2v) is 9.40. The smallest absolute Gasteiger partial charge is 0.0400 e. The maximum absolute atomic E-state index is 6.53. The van der Waals surface area contributed by atoms with Crippen LogP contribution in [0.3, 0.4) is 0 Å². The molecule has 2 aromatic rings. The SMILES string of the molecule is CC12CCC3c4ccc(NCc5ccccc5)cc4CCC3C1CCC2N. The summed E-state index contributed by atoms with van der Waals surface area (Å²) in [4.78, 5) is 0. The monoisotopic (exact) mass is 360 g/mol. The summed E-state index contributed by atoms with van der Waals surface area (Å²) in [6.45, 7) is 3.38. The van der Waals surface area contributed by atoms with Gasteiger partial charge in [0.1, 0.15) is 0 Å². The summed E-state index contributed by atoms with van der Waals surface area (Å²) in [6.07, 6.45) is 7.82. The molecule has 2 nitrogen and oxygen atoms in total. The van der Waals surface area contributed by atoms with Crippen molar-refractivity contribution in [2.24, 2.45) is 23.0 Å². The quantitative estimate of drug-likeness (QED) is 0.760. The van der Waals surface area contributed by atoms with Gasteiger partial charge in [0.15, 0.2) is 0 Å². The molecule has 2 heteroatoms. The first-order valence-electron chi connectivity index (χ1n) is 10.8. The predicted octanol–water partition coefficient (Wildman–Crippen LogP) is 5.48. The number of aryl methyl sites for hydroxylation is 1. The third kappa shape index (κ3) is 2.89. The number of benzene rings is 2. The molecule has 142 valence electrons. The van der Waals surface area contributed by atoms with E-state index in [1.165, 1.54) is 49.8 Å². The van der Waals surface area contributed by atoms with E-state index in [9.17, 15) is 0 Å². The molecule has 0 spiro atoms. The first kappa shape index (κ1) is 17.3. The van der Waals surface area contributed by atoms with Gasteiger partial charge in [-0.2, -0.15) is 0 Å². The van der Waals surface area contributed by atoms with E-state index in [1.54, 1.807) is 11.1 Å². The fourth-order valence-electron chi connectivity index (χ4n) is 6.53. The van der Waals surface area contributed by atoms with Crippen LogP contribution in [-0.4, -0.2) is 6.04 Å². The van der Waals surface area contributed by atoms with Crippen molar-refractivity contribution in [3.8, 4) is 0 Å². The average molecular weight is 361 g/mol. The van der Waals surface area contributed by atoms with Crippen LogP contribution in [0.2, 0.25) is 0 Å². The van der Waals surface area contributed by atoms with Crippen LogP contribution in [-0.2, 0) is 13.0 Å². The van der Waals surface area contributed by atoms with E-state index in [0.717, 1.165) is 24.3 Å². The van der Waals surface area contributed by atoms with Gasteiger partial charge in [-0.3, -0.25) is 0 Å². The Morgan fingerprint density at radius 2 is 1.89 bits per heavy atom. The van der Waals surface area contributed by atoms with Crippen LogP contribution in [0.1, 0.15) is 61.6 Å². The Labute approximate surface area is 163 Å². The third-order valence-electron chi connectivity index (χ3n) is 8.14. The van der Waals surface area contributed by atoms with E-state index >= 15 is 0 Å². The second kappa shape index (κ2) is 6.67. The Morgan fingerprint density at radius 1 is 1.04 bits per heavy atom. The molecular formula is C25H32N2. The highest BCUT2D eigenvalue weighted by molar-refractivity contribution is 5.51. The van der Waals surface area contributed by atoms with E-state index in [4.69, 9.17) is 5.73 Å². The molecule has 2 aromatic carbocycles. The molecule has 27 heavy (non-hydrogen) atoms. The molecule has 0 saturated heterocycles. The first-order valence-corrected chi connectivity index (χ1v) is 10.8. The van der Waals surface area contributed by atoms with Crippen LogP contribution in [0.15, 0.2) is 48.5 Å². The van der Waals surface area contributed by atoms with Crippen LogP contribution in [0.4, 0.5) is 5.69 Å². The summed E-state index contributed by atoms with van der Waals surface area (Å²) in [7, 11) is 0. The topological polar surface area (TPSA) is 38.0 Å². The van der Waals surface area contributed by atoms with Crippen LogP contribution >= 0.6 is 0 Å². The minimum Gasteiger partial charge on any atom is -0.381 e. The molecule has 3 N–H and O–H groups in total. The fourth-order valence-corrected chi connectivity index (χ4v) is 6.53. The fraction of sp³-hybridized carbons (Fsp3) is 0.520. The van der Waals surface area contributed by atoms with Gasteiger partial charge in [-0.25, -0.2) is 0 Å². The van der Waals surface area contributed by atoms with E-state index < -0.39 is 0 Å². The van der Waals surface area contributed by atoms with Crippen LogP contribution in [0, 0.1) is 17.3 Å². The molecule has 2 saturated carbocycles. The standard InChI is InChI=1S/C25H32N2/c1-25-14-13-21-20-10-8-19(27-16-17-5-3-2-4-6-17)15-18(20)7-9-22(21)23(25)11-12-24(25)26/h2-6,8,10,15,21-24,27H,7,9,11-14,16,26H2,1H3. The summed E-state index contributed by atoms with van der Waals surface area (Å²) >= 11 is 0. The first-order chi connectivity index (χ1) is 13.1. The lowest BCUT2D eigenvalue weighted by Gasteiger charge is -2.50. The zero-order chi connectivity index (χ0) is 18.4. The second-order valence-electron chi connectivity index (χ2n) is 9.40. The lowest BCUT2D eigenvalue weighted by atomic mass is 9.55. The van der Waals surface area contributed by atoms with E-state index in [1.807, 2.05) is 0 Å². The van der Waals surface area contributed by atoms with Gasteiger partial charge in [0, 0.05) is 18.3 Å². The molecular weight excluding hydrogens is 328 g/mol. The van der Waals surface area contributed by atoms with Crippen molar-refractivity contribution in [2.45, 2.75) is 64.0 Å². The highest BCUT2D eigenvalue weighted by Gasteiger charge is 2.53. The Bertz CT molecular complexity index is 814. The summed E-state index contributed by atoms with van der Waals surface area (Å²) in [5.74, 6) is 2.46. The van der Waals surface area contributed by atoms with Crippen molar-refractivity contribution >= 4 is 5.69 Å². The Morgan fingerprint density at radius 3 is 2.74 bits per heavy atom. The van der Waals surface area contributed by atoms with Gasteiger partial charge in [0.25, 0.3) is 0 Å².